The van der Waals surface area contributed by atoms with E-state index in [-0.39, 0.29) is 25.6 Å². The summed E-state index contributed by atoms with van der Waals surface area (Å²) in [5.41, 5.74) is -2.13. The largest absolute Gasteiger partial charge is 0.756 e. The van der Waals surface area contributed by atoms with Crippen LogP contribution in [0.25, 0.3) is 0 Å². The number of nitrogens with one attached hydrogen (secondary N) is 1. The second kappa shape index (κ2) is 21.3. The van der Waals surface area contributed by atoms with Crippen molar-refractivity contribution in [2.45, 2.75) is 134 Å². The maximum atomic E-state index is 13.6. The van der Waals surface area contributed by atoms with Crippen molar-refractivity contribution in [3.8, 4) is 0 Å². The second-order valence-corrected chi connectivity index (χ2v) is 12.5. The highest BCUT2D eigenvalue weighted by Gasteiger charge is 2.40. The normalized spacial score (nSPS) is 20.6. The summed E-state index contributed by atoms with van der Waals surface area (Å²) in [6.45, 7) is 2.04. The molecule has 0 radical (unpaired) electrons. The van der Waals surface area contributed by atoms with Gasteiger partial charge in [-0.15, -0.1) is 0 Å². The van der Waals surface area contributed by atoms with Crippen LogP contribution in [0.2, 0.25) is 0 Å². The van der Waals surface area contributed by atoms with Gasteiger partial charge in [0.15, 0.2) is 0 Å². The Morgan fingerprint density at radius 1 is 1.00 bits per heavy atom. The van der Waals surface area contributed by atoms with E-state index in [4.69, 9.17) is 18.5 Å². The molecule has 1 saturated heterocycles. The van der Waals surface area contributed by atoms with Crippen LogP contribution in [0.1, 0.15) is 109 Å². The predicted molar refractivity (Wildman–Crippen MR) is 157 cm³/mol. The Kier molecular flexibility index (Phi) is 19.6. The number of aromatic nitrogens is 2. The van der Waals surface area contributed by atoms with E-state index in [1.165, 1.54) is 6.92 Å². The number of phosphoric ester groups is 1. The van der Waals surface area contributed by atoms with E-state index in [1.54, 1.807) is 4.98 Å². The topological polar surface area (TPSA) is 189 Å². The van der Waals surface area contributed by atoms with Gasteiger partial charge in [-0.2, -0.15) is 17.6 Å². The molecule has 1 aliphatic heterocycles. The molecular formula is C28H50F4N3O9P. The van der Waals surface area contributed by atoms with Gasteiger partial charge in [0.05, 0.1) is 25.0 Å². The quantitative estimate of drug-likeness (QED) is 0.0748. The summed E-state index contributed by atoms with van der Waals surface area (Å²) in [6.07, 6.45) is 2.72. The molecule has 0 saturated carbocycles. The zero-order valence-electron chi connectivity index (χ0n) is 26.2. The van der Waals surface area contributed by atoms with E-state index < -0.39 is 62.0 Å². The fraction of sp³-hybridized carbons (Fsp3) is 0.857. The average Bonchev–Trinajstić information content (AvgIpc) is 3.32. The lowest BCUT2D eigenvalue weighted by molar-refractivity contribution is -0.234. The van der Waals surface area contributed by atoms with Gasteiger partial charge in [0, 0.05) is 26.1 Å². The summed E-state index contributed by atoms with van der Waals surface area (Å²) in [4.78, 5) is 37.2. The molecule has 17 heteroatoms. The van der Waals surface area contributed by atoms with Gasteiger partial charge in [-0.25, -0.2) is 4.79 Å². The first kappa shape index (κ1) is 41.4. The molecule has 12 nitrogen and oxygen atoms in total. The fourth-order valence-corrected chi connectivity index (χ4v) is 5.92. The summed E-state index contributed by atoms with van der Waals surface area (Å²) < 4.78 is 83.7. The SMILES string of the molecule is C[C@@H](OP(=O)([O-])OCCCOCCCCCCCCCCCCCCC(F)(F)F)C1OC(n2cc(F)c(=O)[nH]c2=O)CC1O.[NH4+]. The number of halogens is 4. The lowest BCUT2D eigenvalue weighted by Gasteiger charge is -2.30. The highest BCUT2D eigenvalue weighted by atomic mass is 31.2. The highest BCUT2D eigenvalue weighted by Crippen LogP contribution is 2.42. The fourth-order valence-electron chi connectivity index (χ4n) is 4.98. The zero-order chi connectivity index (χ0) is 32.6. The van der Waals surface area contributed by atoms with E-state index >= 15 is 0 Å². The Bertz CT molecular complexity index is 1120. The van der Waals surface area contributed by atoms with Gasteiger partial charge in [-0.1, -0.05) is 64.2 Å². The number of phosphoric acid groups is 1. The van der Waals surface area contributed by atoms with Crippen molar-refractivity contribution >= 4 is 7.82 Å². The molecule has 0 amide bonds. The number of H-pyrrole nitrogens is 1. The minimum absolute atomic E-state index is 0. The van der Waals surface area contributed by atoms with Crippen LogP contribution in [-0.2, 0) is 23.1 Å². The van der Waals surface area contributed by atoms with Crippen molar-refractivity contribution in [1.29, 1.82) is 0 Å². The number of quaternary nitrogens is 1. The van der Waals surface area contributed by atoms with Crippen molar-refractivity contribution < 1.29 is 50.6 Å². The number of nitrogens with zero attached hydrogens (tertiary/aromatic N) is 1. The molecule has 0 bridgehead atoms. The van der Waals surface area contributed by atoms with Gasteiger partial charge in [-0.05, 0) is 26.2 Å². The van der Waals surface area contributed by atoms with Crippen LogP contribution in [-0.4, -0.2) is 59.0 Å². The summed E-state index contributed by atoms with van der Waals surface area (Å²) in [7, 11) is -4.75. The molecule has 45 heavy (non-hydrogen) atoms. The van der Waals surface area contributed by atoms with Crippen LogP contribution < -0.4 is 22.3 Å². The summed E-state index contributed by atoms with van der Waals surface area (Å²) in [6, 6.07) is 0. The van der Waals surface area contributed by atoms with Crippen molar-refractivity contribution in [2.75, 3.05) is 19.8 Å². The van der Waals surface area contributed by atoms with Crippen LogP contribution in [0.4, 0.5) is 17.6 Å². The van der Waals surface area contributed by atoms with Gasteiger partial charge < -0.3 is 34.7 Å². The highest BCUT2D eigenvalue weighted by molar-refractivity contribution is 7.45. The maximum Gasteiger partial charge on any atom is 0.389 e. The third kappa shape index (κ3) is 17.2. The lowest BCUT2D eigenvalue weighted by atomic mass is 10.0. The molecule has 5 atom stereocenters. The predicted octanol–water partition coefficient (Wildman–Crippen LogP) is 5.63. The molecule has 0 aliphatic carbocycles. The molecule has 1 fully saturated rings. The van der Waals surface area contributed by atoms with Crippen molar-refractivity contribution in [1.82, 2.24) is 15.7 Å². The number of rotatable bonds is 23. The molecule has 1 aromatic rings. The number of aliphatic hydroxyl groups is 1. The first-order chi connectivity index (χ1) is 20.8. The molecule has 264 valence electrons. The van der Waals surface area contributed by atoms with Gasteiger partial charge in [0.2, 0.25) is 5.82 Å². The number of unbranched alkanes of at least 4 members (excludes halogenated alkanes) is 11. The molecule has 2 heterocycles. The smallest absolute Gasteiger partial charge is 0.389 e. The number of aromatic amines is 1. The van der Waals surface area contributed by atoms with Crippen LogP contribution in [0.3, 0.4) is 0 Å². The molecule has 4 unspecified atom stereocenters. The molecule has 1 aromatic heterocycles. The lowest BCUT2D eigenvalue weighted by Crippen LogP contribution is -2.36. The first-order valence-corrected chi connectivity index (χ1v) is 16.9. The summed E-state index contributed by atoms with van der Waals surface area (Å²) in [5, 5.41) is 10.3. The van der Waals surface area contributed by atoms with Crippen LogP contribution in [0, 0.1) is 5.82 Å². The zero-order valence-corrected chi connectivity index (χ0v) is 27.1. The Hall–Kier alpha value is -1.65. The molecule has 0 spiro atoms. The molecule has 1 aliphatic rings. The van der Waals surface area contributed by atoms with Gasteiger partial charge >= 0.3 is 11.9 Å². The number of hydrogen-bond acceptors (Lipinski definition) is 9. The molecule has 2 rings (SSSR count). The van der Waals surface area contributed by atoms with E-state index in [2.05, 4.69) is 0 Å². The van der Waals surface area contributed by atoms with E-state index in [0.717, 1.165) is 68.8 Å². The van der Waals surface area contributed by atoms with Crippen molar-refractivity contribution in [2.24, 2.45) is 0 Å². The molecular weight excluding hydrogens is 629 g/mol. The minimum Gasteiger partial charge on any atom is -0.756 e. The Balaban J connectivity index is 0.0000101. The number of ether oxygens (including phenoxy) is 2. The van der Waals surface area contributed by atoms with Crippen molar-refractivity contribution in [3.05, 3.63) is 32.9 Å². The Morgan fingerprint density at radius 2 is 1.53 bits per heavy atom. The van der Waals surface area contributed by atoms with Crippen LogP contribution in [0.5, 0.6) is 0 Å². The van der Waals surface area contributed by atoms with E-state index in [0.29, 0.717) is 32.3 Å². The summed E-state index contributed by atoms with van der Waals surface area (Å²) in [5.74, 6) is -1.21. The third-order valence-electron chi connectivity index (χ3n) is 7.31. The minimum atomic E-state index is -4.75. The number of alkyl halides is 3. The van der Waals surface area contributed by atoms with Crippen molar-refractivity contribution in [3.63, 3.8) is 0 Å². The Labute approximate surface area is 261 Å². The Morgan fingerprint density at radius 3 is 2.11 bits per heavy atom. The maximum absolute atomic E-state index is 13.6. The van der Waals surface area contributed by atoms with Gasteiger partial charge in [0.1, 0.15) is 12.3 Å². The van der Waals surface area contributed by atoms with Crippen LogP contribution in [0.15, 0.2) is 15.8 Å². The monoisotopic (exact) mass is 679 g/mol. The second-order valence-electron chi connectivity index (χ2n) is 11.2. The summed E-state index contributed by atoms with van der Waals surface area (Å²) >= 11 is 0. The molecule has 0 aromatic carbocycles. The van der Waals surface area contributed by atoms with Gasteiger partial charge in [-0.3, -0.25) is 18.9 Å². The third-order valence-corrected chi connectivity index (χ3v) is 8.40. The first-order valence-electron chi connectivity index (χ1n) is 15.4. The number of hydrogen-bond donors (Lipinski definition) is 3. The van der Waals surface area contributed by atoms with Gasteiger partial charge in [0.25, 0.3) is 13.4 Å². The average molecular weight is 680 g/mol. The molecule has 6 N–H and O–H groups in total. The standard InChI is InChI=1S/C28H47F4N2O9P.H3N/c1-21(25-23(35)19-24(42-25)34-20-22(29)26(36)33-27(34)37)43-44(38,39)41-18-14-17-40-16-13-11-9-7-5-3-2-4-6-8-10-12-15-28(30,31)32;/h20-21,23-25,35H,2-19H2,1H3,(H,38,39)(H,33,36,37);1H3/t21-,23?,24?,25?;/m1./s1. The van der Waals surface area contributed by atoms with E-state index in [1.807, 2.05) is 0 Å². The number of aliphatic hydroxyl groups excluding tert-OH is 1. The van der Waals surface area contributed by atoms with E-state index in [9.17, 15) is 41.7 Å². The van der Waals surface area contributed by atoms with Crippen LogP contribution >= 0.6 is 7.82 Å².